The Balaban J connectivity index is 0.00000144. The maximum Gasteiger partial charge on any atom is 0.272 e. The highest BCUT2D eigenvalue weighted by Crippen LogP contribution is 2.11. The van der Waals surface area contributed by atoms with E-state index in [0.29, 0.717) is 10.7 Å². The molecule has 0 saturated carbocycles. The van der Waals surface area contributed by atoms with E-state index in [0.717, 1.165) is 19.6 Å². The number of pyridine rings is 1. The normalized spacial score (nSPS) is 18.6. The third kappa shape index (κ3) is 3.99. The molecule has 1 aromatic rings. The van der Waals surface area contributed by atoms with Crippen LogP contribution in [0.5, 0.6) is 0 Å². The summed E-state index contributed by atoms with van der Waals surface area (Å²) in [5.41, 5.74) is 0.457. The molecule has 0 bridgehead atoms. The summed E-state index contributed by atoms with van der Waals surface area (Å²) in [6.45, 7) is 4.42. The molecule has 1 N–H and O–H groups in total. The molecule has 2 rings (SSSR count). The Hall–Kier alpha value is -0.550. The van der Waals surface area contributed by atoms with E-state index in [1.165, 1.54) is 6.20 Å². The van der Waals surface area contributed by atoms with Gasteiger partial charge in [0, 0.05) is 31.9 Å². The van der Waals surface area contributed by atoms with Gasteiger partial charge in [0.2, 0.25) is 0 Å². The summed E-state index contributed by atoms with van der Waals surface area (Å²) in [4.78, 5) is 18.0. The van der Waals surface area contributed by atoms with Crippen molar-refractivity contribution in [1.82, 2.24) is 15.2 Å². The SMILES string of the molecule is C[C@@H]1CNCCN1C(=O)c1ccc(Cl)cn1.Cl.Cl. The Bertz CT molecular complexity index is 386. The van der Waals surface area contributed by atoms with E-state index in [1.54, 1.807) is 12.1 Å². The van der Waals surface area contributed by atoms with Gasteiger partial charge in [0.05, 0.1) is 5.02 Å². The Morgan fingerprint density at radius 2 is 2.22 bits per heavy atom. The highest BCUT2D eigenvalue weighted by molar-refractivity contribution is 6.30. The summed E-state index contributed by atoms with van der Waals surface area (Å²) in [6, 6.07) is 3.56. The number of hydrogen-bond acceptors (Lipinski definition) is 3. The number of aromatic nitrogens is 1. The van der Waals surface area contributed by atoms with Crippen LogP contribution in [0.4, 0.5) is 0 Å². The lowest BCUT2D eigenvalue weighted by Crippen LogP contribution is -2.52. The van der Waals surface area contributed by atoms with Crippen LogP contribution in [-0.2, 0) is 0 Å². The molecule has 4 nitrogen and oxygen atoms in total. The van der Waals surface area contributed by atoms with Crippen LogP contribution in [0.3, 0.4) is 0 Å². The zero-order chi connectivity index (χ0) is 11.5. The molecule has 1 aliphatic rings. The van der Waals surface area contributed by atoms with Gasteiger partial charge in [0.15, 0.2) is 0 Å². The number of rotatable bonds is 1. The van der Waals surface area contributed by atoms with Crippen LogP contribution in [0.1, 0.15) is 17.4 Å². The summed E-state index contributed by atoms with van der Waals surface area (Å²) < 4.78 is 0. The van der Waals surface area contributed by atoms with Gasteiger partial charge in [-0.1, -0.05) is 11.6 Å². The van der Waals surface area contributed by atoms with Crippen molar-refractivity contribution >= 4 is 42.3 Å². The summed E-state index contributed by atoms with van der Waals surface area (Å²) in [5.74, 6) is -0.0225. The molecular formula is C11H16Cl3N3O. The van der Waals surface area contributed by atoms with Crippen LogP contribution in [0.25, 0.3) is 0 Å². The van der Waals surface area contributed by atoms with Gasteiger partial charge in [-0.25, -0.2) is 4.98 Å². The van der Waals surface area contributed by atoms with Crippen LogP contribution in [0.15, 0.2) is 18.3 Å². The molecule has 7 heteroatoms. The van der Waals surface area contributed by atoms with Gasteiger partial charge in [-0.05, 0) is 19.1 Å². The molecule has 0 aromatic carbocycles. The largest absolute Gasteiger partial charge is 0.332 e. The van der Waals surface area contributed by atoms with E-state index in [1.807, 2.05) is 11.8 Å². The monoisotopic (exact) mass is 311 g/mol. The average molecular weight is 313 g/mol. The second-order valence-electron chi connectivity index (χ2n) is 3.91. The van der Waals surface area contributed by atoms with Gasteiger partial charge in [0.25, 0.3) is 5.91 Å². The van der Waals surface area contributed by atoms with Crippen LogP contribution in [0.2, 0.25) is 5.02 Å². The molecule has 0 spiro atoms. The molecule has 0 aliphatic carbocycles. The van der Waals surface area contributed by atoms with Crippen molar-refractivity contribution in [2.24, 2.45) is 0 Å². The highest BCUT2D eigenvalue weighted by Gasteiger charge is 2.24. The van der Waals surface area contributed by atoms with E-state index < -0.39 is 0 Å². The number of amides is 1. The minimum Gasteiger partial charge on any atom is -0.332 e. The molecule has 1 aromatic heterocycles. The lowest BCUT2D eigenvalue weighted by molar-refractivity contribution is 0.0649. The summed E-state index contributed by atoms with van der Waals surface area (Å²) in [5, 5.41) is 3.79. The van der Waals surface area contributed by atoms with Gasteiger partial charge >= 0.3 is 0 Å². The number of hydrogen-bond donors (Lipinski definition) is 1. The average Bonchev–Trinajstić information content (AvgIpc) is 2.30. The topological polar surface area (TPSA) is 45.2 Å². The van der Waals surface area contributed by atoms with Gasteiger partial charge in [0.1, 0.15) is 5.69 Å². The maximum absolute atomic E-state index is 12.1. The number of carbonyl (C=O) groups is 1. The molecule has 1 saturated heterocycles. The fraction of sp³-hybridized carbons (Fsp3) is 0.455. The Morgan fingerprint density at radius 1 is 1.50 bits per heavy atom. The standard InChI is InChI=1S/C11H14ClN3O.2ClH/c1-8-6-13-4-5-15(8)11(16)10-3-2-9(12)7-14-10;;/h2-3,7-8,13H,4-6H2,1H3;2*1H/t8-;;/m1../s1. The first kappa shape index (κ1) is 17.4. The third-order valence-electron chi connectivity index (χ3n) is 2.71. The Labute approximate surface area is 124 Å². The first-order valence-corrected chi connectivity index (χ1v) is 5.69. The molecule has 1 fully saturated rings. The third-order valence-corrected chi connectivity index (χ3v) is 2.93. The number of piperazine rings is 1. The zero-order valence-corrected chi connectivity index (χ0v) is 12.3. The van der Waals surface area contributed by atoms with Crippen molar-refractivity contribution in [2.75, 3.05) is 19.6 Å². The van der Waals surface area contributed by atoms with Crippen LogP contribution in [-0.4, -0.2) is 41.5 Å². The minimum absolute atomic E-state index is 0. The van der Waals surface area contributed by atoms with Gasteiger partial charge in [-0.15, -0.1) is 24.8 Å². The fourth-order valence-corrected chi connectivity index (χ4v) is 1.90. The first-order chi connectivity index (χ1) is 7.68. The van der Waals surface area contributed by atoms with E-state index in [2.05, 4.69) is 10.3 Å². The van der Waals surface area contributed by atoms with Crippen molar-refractivity contribution in [1.29, 1.82) is 0 Å². The quantitative estimate of drug-likeness (QED) is 0.863. The van der Waals surface area contributed by atoms with E-state index in [-0.39, 0.29) is 36.8 Å². The summed E-state index contributed by atoms with van der Waals surface area (Å²) in [7, 11) is 0. The maximum atomic E-state index is 12.1. The Morgan fingerprint density at radius 3 is 2.78 bits per heavy atom. The number of nitrogens with one attached hydrogen (secondary N) is 1. The van der Waals surface area contributed by atoms with Crippen LogP contribution >= 0.6 is 36.4 Å². The van der Waals surface area contributed by atoms with Crippen molar-refractivity contribution in [3.63, 3.8) is 0 Å². The molecular weight excluding hydrogens is 296 g/mol. The summed E-state index contributed by atoms with van der Waals surface area (Å²) >= 11 is 5.73. The molecule has 1 amide bonds. The van der Waals surface area contributed by atoms with Crippen molar-refractivity contribution in [2.45, 2.75) is 13.0 Å². The van der Waals surface area contributed by atoms with E-state index in [4.69, 9.17) is 11.6 Å². The smallest absolute Gasteiger partial charge is 0.272 e. The van der Waals surface area contributed by atoms with Crippen LogP contribution < -0.4 is 5.32 Å². The number of halogens is 3. The van der Waals surface area contributed by atoms with E-state index >= 15 is 0 Å². The zero-order valence-electron chi connectivity index (χ0n) is 9.93. The Kier molecular flexibility index (Phi) is 7.55. The second-order valence-corrected chi connectivity index (χ2v) is 4.35. The lowest BCUT2D eigenvalue weighted by atomic mass is 10.2. The van der Waals surface area contributed by atoms with Crippen molar-refractivity contribution < 1.29 is 4.79 Å². The molecule has 102 valence electrons. The summed E-state index contributed by atoms with van der Waals surface area (Å²) in [6.07, 6.45) is 1.50. The van der Waals surface area contributed by atoms with Gasteiger partial charge < -0.3 is 10.2 Å². The van der Waals surface area contributed by atoms with Crippen molar-refractivity contribution in [3.05, 3.63) is 29.0 Å². The molecule has 18 heavy (non-hydrogen) atoms. The molecule has 1 atom stereocenters. The van der Waals surface area contributed by atoms with Crippen LogP contribution in [0, 0.1) is 0 Å². The first-order valence-electron chi connectivity index (χ1n) is 5.32. The van der Waals surface area contributed by atoms with Gasteiger partial charge in [-0.3, -0.25) is 4.79 Å². The lowest BCUT2D eigenvalue weighted by Gasteiger charge is -2.33. The van der Waals surface area contributed by atoms with E-state index in [9.17, 15) is 4.79 Å². The molecule has 1 aliphatic heterocycles. The fourth-order valence-electron chi connectivity index (χ4n) is 1.79. The second kappa shape index (κ2) is 7.79. The predicted octanol–water partition coefficient (Wildman–Crippen LogP) is 2.01. The highest BCUT2D eigenvalue weighted by atomic mass is 35.5. The minimum atomic E-state index is -0.0225. The molecule has 0 radical (unpaired) electrons. The predicted molar refractivity (Wildman–Crippen MR) is 77.1 cm³/mol. The van der Waals surface area contributed by atoms with Crippen molar-refractivity contribution in [3.8, 4) is 0 Å². The number of carbonyl (C=O) groups excluding carboxylic acids is 1. The number of nitrogens with zero attached hydrogens (tertiary/aromatic N) is 2. The molecule has 2 heterocycles. The van der Waals surface area contributed by atoms with Gasteiger partial charge in [-0.2, -0.15) is 0 Å². The molecule has 0 unspecified atom stereocenters.